The predicted octanol–water partition coefficient (Wildman–Crippen LogP) is 8.06. The van der Waals surface area contributed by atoms with Crippen LogP contribution >= 0.6 is 22.7 Å². The van der Waals surface area contributed by atoms with Crippen molar-refractivity contribution < 1.29 is 9.90 Å². The average Bonchev–Trinajstić information content (AvgIpc) is 3.60. The summed E-state index contributed by atoms with van der Waals surface area (Å²) in [5, 5.41) is 11.1. The predicted molar refractivity (Wildman–Crippen MR) is 177 cm³/mol. The molecule has 4 rings (SSSR count). The third-order valence-corrected chi connectivity index (χ3v) is 27.2. The first-order valence-electron chi connectivity index (χ1n) is 14.6. The van der Waals surface area contributed by atoms with Gasteiger partial charge in [0.15, 0.2) is 5.88 Å². The van der Waals surface area contributed by atoms with E-state index in [4.69, 9.17) is 9.97 Å². The highest BCUT2D eigenvalue weighted by molar-refractivity contribution is 7.29. The summed E-state index contributed by atoms with van der Waals surface area (Å²) < 4.78 is 2.41. The minimum absolute atomic E-state index is 0.0142. The van der Waals surface area contributed by atoms with E-state index in [2.05, 4.69) is 93.1 Å². The molecule has 3 aromatic heterocycles. The zero-order valence-corrected chi connectivity index (χ0v) is 29.8. The molecular formula is C30H46N4O2S2Si2. The maximum Gasteiger partial charge on any atom is 0.280 e. The number of nitrogens with zero attached hydrogens (tertiary/aromatic N) is 3. The van der Waals surface area contributed by atoms with E-state index in [0.717, 1.165) is 9.75 Å². The second-order valence-corrected chi connectivity index (χ2v) is 27.6. The molecule has 0 fully saturated rings. The lowest BCUT2D eigenvalue weighted by atomic mass is 10.1. The van der Waals surface area contributed by atoms with Gasteiger partial charge >= 0.3 is 0 Å². The smallest absolute Gasteiger partial charge is 0.280 e. The number of hydrogen-bond acceptors (Lipinski definition) is 6. The van der Waals surface area contributed by atoms with Gasteiger partial charge in [-0.05, 0) is 33.2 Å². The Morgan fingerprint density at radius 3 is 1.50 bits per heavy atom. The van der Waals surface area contributed by atoms with E-state index in [0.29, 0.717) is 55.8 Å². The molecule has 10 heteroatoms. The third-order valence-electron chi connectivity index (χ3n) is 9.61. The maximum absolute atomic E-state index is 13.4. The Morgan fingerprint density at radius 2 is 1.07 bits per heavy atom. The van der Waals surface area contributed by atoms with E-state index in [1.165, 1.54) is 9.26 Å². The summed E-state index contributed by atoms with van der Waals surface area (Å²) in [6.45, 7) is 27.9. The molecule has 0 saturated heterocycles. The lowest BCUT2D eigenvalue weighted by Crippen LogP contribution is -2.55. The van der Waals surface area contributed by atoms with Crippen LogP contribution in [-0.2, 0) is 0 Å². The highest BCUT2D eigenvalue weighted by Crippen LogP contribution is 2.45. The summed E-state index contributed by atoms with van der Waals surface area (Å²) in [6, 6.07) is 0. The van der Waals surface area contributed by atoms with Crippen LogP contribution in [0.1, 0.15) is 104 Å². The Morgan fingerprint density at radius 1 is 0.675 bits per heavy atom. The molecule has 40 heavy (non-hydrogen) atoms. The Hall–Kier alpha value is -1.89. The van der Waals surface area contributed by atoms with Crippen molar-refractivity contribution in [1.82, 2.24) is 15.0 Å². The van der Waals surface area contributed by atoms with Crippen LogP contribution < -0.4 is 9.26 Å². The van der Waals surface area contributed by atoms with Gasteiger partial charge in [0, 0.05) is 12.4 Å². The highest BCUT2D eigenvalue weighted by atomic mass is 32.1. The first-order valence-corrected chi connectivity index (χ1v) is 20.7. The largest absolute Gasteiger partial charge is 0.494 e. The number of aliphatic imine (C=N–C) groups is 1. The number of aromatic nitrogens is 3. The van der Waals surface area contributed by atoms with Crippen LogP contribution in [0.4, 0.5) is 0 Å². The highest BCUT2D eigenvalue weighted by Gasteiger charge is 2.49. The van der Waals surface area contributed by atoms with E-state index in [1.807, 2.05) is 12.4 Å². The number of fused-ring (bicyclic) bond motifs is 1. The second-order valence-electron chi connectivity index (χ2n) is 13.2. The fraction of sp³-hybridized carbons (Fsp3) is 0.600. The van der Waals surface area contributed by atoms with Crippen LogP contribution in [0, 0.1) is 0 Å². The molecule has 4 heterocycles. The van der Waals surface area contributed by atoms with Crippen LogP contribution in [0.25, 0.3) is 10.6 Å². The molecule has 6 nitrogen and oxygen atoms in total. The standard InChI is InChI=1S/C30H46N4O2S2Si2/c1-15(2)39(16(3)4,17(5)6)29-31-13-21(37-29)25-23-24(28(36)33-25)26(34-27(23)35)22-14-32-30(38-22)40(18(7)8,19(9)10)20(11)12/h13-20,33,36H,1-12H3. The molecule has 0 saturated carbocycles. The van der Waals surface area contributed by atoms with Gasteiger partial charge in [-0.3, -0.25) is 14.8 Å². The first kappa shape index (κ1) is 31.1. The van der Waals surface area contributed by atoms with Crippen molar-refractivity contribution in [3.63, 3.8) is 0 Å². The van der Waals surface area contributed by atoms with Crippen molar-refractivity contribution in [3.05, 3.63) is 28.4 Å². The summed E-state index contributed by atoms with van der Waals surface area (Å²) in [5.41, 5.74) is 5.28. The van der Waals surface area contributed by atoms with E-state index in [1.54, 1.807) is 22.7 Å². The molecule has 0 bridgehead atoms. The molecule has 0 aliphatic carbocycles. The molecule has 3 aromatic rings. The molecular weight excluding hydrogens is 569 g/mol. The van der Waals surface area contributed by atoms with Crippen molar-refractivity contribution in [2.24, 2.45) is 4.99 Å². The van der Waals surface area contributed by atoms with Crippen molar-refractivity contribution in [1.29, 1.82) is 0 Å². The lowest BCUT2D eigenvalue weighted by molar-refractivity contribution is 0.101. The first-order chi connectivity index (χ1) is 18.6. The van der Waals surface area contributed by atoms with Gasteiger partial charge in [0.2, 0.25) is 0 Å². The summed E-state index contributed by atoms with van der Waals surface area (Å²) in [6.07, 6.45) is 3.74. The Kier molecular flexibility index (Phi) is 8.60. The molecule has 2 N–H and O–H groups in total. The normalized spacial score (nSPS) is 14.7. The molecule has 0 radical (unpaired) electrons. The number of aromatic hydroxyl groups is 1. The summed E-state index contributed by atoms with van der Waals surface area (Å²) >= 11 is 3.33. The van der Waals surface area contributed by atoms with Gasteiger partial charge in [0.25, 0.3) is 5.91 Å². The van der Waals surface area contributed by atoms with Gasteiger partial charge in [-0.1, -0.05) is 83.1 Å². The monoisotopic (exact) mass is 614 g/mol. The van der Waals surface area contributed by atoms with Gasteiger partial charge in [-0.2, -0.15) is 0 Å². The number of hydrogen-bond donors (Lipinski definition) is 2. The van der Waals surface area contributed by atoms with Gasteiger partial charge < -0.3 is 10.1 Å². The molecule has 0 atom stereocenters. The minimum Gasteiger partial charge on any atom is -0.494 e. The van der Waals surface area contributed by atoms with Crippen molar-refractivity contribution in [2.75, 3.05) is 0 Å². The Bertz CT molecular complexity index is 1390. The lowest BCUT2D eigenvalue weighted by Gasteiger charge is -2.41. The molecule has 1 aliphatic rings. The Labute approximate surface area is 249 Å². The van der Waals surface area contributed by atoms with Gasteiger partial charge in [-0.15, -0.1) is 22.7 Å². The topological polar surface area (TPSA) is 91.2 Å². The quantitative estimate of drug-likeness (QED) is 0.226. The fourth-order valence-electron chi connectivity index (χ4n) is 8.16. The van der Waals surface area contributed by atoms with Gasteiger partial charge in [0.05, 0.1) is 41.5 Å². The maximum atomic E-state index is 13.4. The van der Waals surface area contributed by atoms with Crippen LogP contribution in [0.15, 0.2) is 17.4 Å². The van der Waals surface area contributed by atoms with Crippen molar-refractivity contribution >= 4 is 59.7 Å². The van der Waals surface area contributed by atoms with E-state index < -0.39 is 16.1 Å². The fourth-order valence-corrected chi connectivity index (χ4v) is 27.4. The number of carbonyl (C=O) groups excluding carboxylic acids is 1. The van der Waals surface area contributed by atoms with Gasteiger partial charge in [-0.25, -0.2) is 4.99 Å². The molecule has 1 aliphatic heterocycles. The summed E-state index contributed by atoms with van der Waals surface area (Å²) in [5.74, 6) is -0.332. The van der Waals surface area contributed by atoms with Crippen LogP contribution in [0.2, 0.25) is 33.2 Å². The number of H-pyrrole nitrogens is 1. The van der Waals surface area contributed by atoms with E-state index in [9.17, 15) is 9.90 Å². The zero-order chi connectivity index (χ0) is 29.9. The number of aromatic amines is 1. The molecule has 1 amide bonds. The van der Waals surface area contributed by atoms with Crippen molar-refractivity contribution in [3.8, 4) is 16.5 Å². The van der Waals surface area contributed by atoms with Crippen LogP contribution in [-0.4, -0.2) is 47.8 Å². The molecule has 0 spiro atoms. The average molecular weight is 615 g/mol. The third kappa shape index (κ3) is 4.44. The number of amides is 1. The van der Waals surface area contributed by atoms with Gasteiger partial charge in [0.1, 0.15) is 16.1 Å². The summed E-state index contributed by atoms with van der Waals surface area (Å²) in [4.78, 5) is 32.7. The number of thiazole rings is 2. The number of nitrogens with one attached hydrogen (secondary N) is 1. The van der Waals surface area contributed by atoms with Crippen LogP contribution in [0.5, 0.6) is 5.88 Å². The number of carbonyl (C=O) groups is 1. The molecule has 0 unspecified atom stereocenters. The zero-order valence-electron chi connectivity index (χ0n) is 26.1. The number of rotatable bonds is 10. The van der Waals surface area contributed by atoms with E-state index in [-0.39, 0.29) is 11.8 Å². The second kappa shape index (κ2) is 11.1. The molecule has 0 aromatic carbocycles. The van der Waals surface area contributed by atoms with Crippen molar-refractivity contribution in [2.45, 2.75) is 116 Å². The minimum atomic E-state index is -1.95. The Balaban J connectivity index is 1.80. The summed E-state index contributed by atoms with van der Waals surface area (Å²) in [7, 11) is -3.90. The SMILES string of the molecule is CC(C)[Si](c1ncc(C2=NC(=O)c3c(-c4cnc([Si](C(C)C)(C(C)C)C(C)C)s4)[nH]c(O)c32)s1)(C(C)C)C(C)C. The van der Waals surface area contributed by atoms with E-state index >= 15 is 0 Å². The van der Waals surface area contributed by atoms with Crippen LogP contribution in [0.3, 0.4) is 0 Å². The molecule has 218 valence electrons.